The fraction of sp³-hybridized carbons (Fsp3) is 0. The van der Waals surface area contributed by atoms with Crippen molar-refractivity contribution in [2.75, 3.05) is 5.43 Å². The Hall–Kier alpha value is -2.78. The van der Waals surface area contributed by atoms with Gasteiger partial charge < -0.3 is 0 Å². The van der Waals surface area contributed by atoms with E-state index in [2.05, 4.69) is 10.5 Å². The van der Waals surface area contributed by atoms with Crippen LogP contribution in [-0.4, -0.2) is 19.6 Å². The van der Waals surface area contributed by atoms with Gasteiger partial charge in [-0.3, -0.25) is 15.5 Å². The van der Waals surface area contributed by atoms with E-state index in [-0.39, 0.29) is 10.6 Å². The fourth-order valence-electron chi connectivity index (χ4n) is 1.62. The number of hydrogen-bond acceptors (Lipinski definition) is 6. The minimum Gasteiger partial charge on any atom is -0.279 e. The Labute approximate surface area is 126 Å². The van der Waals surface area contributed by atoms with Crippen molar-refractivity contribution < 1.29 is 13.3 Å². The molecule has 0 unspecified atom stereocenters. The van der Waals surface area contributed by atoms with Crippen LogP contribution in [0.4, 0.5) is 11.4 Å². The van der Waals surface area contributed by atoms with Gasteiger partial charge in [0.1, 0.15) is 0 Å². The molecule has 3 N–H and O–H groups in total. The second-order valence-electron chi connectivity index (χ2n) is 4.29. The molecule has 0 fully saturated rings. The van der Waals surface area contributed by atoms with E-state index in [0.29, 0.717) is 11.3 Å². The molecule has 0 aliphatic rings. The molecule has 0 aliphatic carbocycles. The molecule has 8 nitrogen and oxygen atoms in total. The van der Waals surface area contributed by atoms with Gasteiger partial charge >= 0.3 is 0 Å². The van der Waals surface area contributed by atoms with E-state index >= 15 is 0 Å². The SMILES string of the molecule is NS(=O)(=O)c1ccc(N/N=C\c2cccc([N+](=O)[O-])c2)cc1. The van der Waals surface area contributed by atoms with Crippen molar-refractivity contribution in [1.82, 2.24) is 0 Å². The van der Waals surface area contributed by atoms with Crippen LogP contribution in [0, 0.1) is 10.1 Å². The first-order valence-corrected chi connectivity index (χ1v) is 7.57. The van der Waals surface area contributed by atoms with Gasteiger partial charge in [-0.05, 0) is 24.3 Å². The van der Waals surface area contributed by atoms with Crippen molar-refractivity contribution in [2.45, 2.75) is 4.90 Å². The number of nitrogens with one attached hydrogen (secondary N) is 1. The van der Waals surface area contributed by atoms with Gasteiger partial charge in [0.25, 0.3) is 5.69 Å². The van der Waals surface area contributed by atoms with E-state index in [1.807, 2.05) is 0 Å². The van der Waals surface area contributed by atoms with Gasteiger partial charge in [0.15, 0.2) is 0 Å². The number of nitrogens with two attached hydrogens (primary N) is 1. The van der Waals surface area contributed by atoms with E-state index in [9.17, 15) is 18.5 Å². The monoisotopic (exact) mass is 320 g/mol. The predicted molar refractivity (Wildman–Crippen MR) is 82.1 cm³/mol. The molecule has 0 aromatic heterocycles. The maximum Gasteiger partial charge on any atom is 0.270 e. The van der Waals surface area contributed by atoms with Crippen molar-refractivity contribution in [3.8, 4) is 0 Å². The van der Waals surface area contributed by atoms with Crippen LogP contribution in [-0.2, 0) is 10.0 Å². The Morgan fingerprint density at radius 1 is 1.18 bits per heavy atom. The lowest BCUT2D eigenvalue weighted by Crippen LogP contribution is -2.11. The van der Waals surface area contributed by atoms with Gasteiger partial charge in [0, 0.05) is 17.7 Å². The molecule has 0 aliphatic heterocycles. The van der Waals surface area contributed by atoms with Gasteiger partial charge in [0.05, 0.1) is 21.7 Å². The first kappa shape index (κ1) is 15.6. The smallest absolute Gasteiger partial charge is 0.270 e. The highest BCUT2D eigenvalue weighted by Crippen LogP contribution is 2.13. The van der Waals surface area contributed by atoms with Crippen molar-refractivity contribution in [2.24, 2.45) is 10.2 Å². The minimum absolute atomic E-state index is 0.000661. The maximum absolute atomic E-state index is 11.1. The van der Waals surface area contributed by atoms with E-state index in [1.165, 1.54) is 42.6 Å². The Morgan fingerprint density at radius 2 is 1.86 bits per heavy atom. The van der Waals surface area contributed by atoms with Crippen LogP contribution >= 0.6 is 0 Å². The second kappa shape index (κ2) is 6.33. The molecule has 2 aromatic rings. The minimum atomic E-state index is -3.73. The van der Waals surface area contributed by atoms with E-state index < -0.39 is 14.9 Å². The number of benzene rings is 2. The summed E-state index contributed by atoms with van der Waals surface area (Å²) in [5.74, 6) is 0. The van der Waals surface area contributed by atoms with Crippen LogP contribution < -0.4 is 10.6 Å². The van der Waals surface area contributed by atoms with Crippen molar-refractivity contribution >= 4 is 27.6 Å². The molecule has 2 aromatic carbocycles. The number of hydrazone groups is 1. The highest BCUT2D eigenvalue weighted by Gasteiger charge is 2.06. The number of hydrogen-bond donors (Lipinski definition) is 2. The third-order valence-electron chi connectivity index (χ3n) is 2.67. The average Bonchev–Trinajstić information content (AvgIpc) is 2.47. The molecule has 22 heavy (non-hydrogen) atoms. The summed E-state index contributed by atoms with van der Waals surface area (Å²) in [5, 5.41) is 19.6. The summed E-state index contributed by atoms with van der Waals surface area (Å²) in [6, 6.07) is 11.7. The van der Waals surface area contributed by atoms with E-state index in [4.69, 9.17) is 5.14 Å². The van der Waals surface area contributed by atoms with Crippen molar-refractivity contribution in [1.29, 1.82) is 0 Å². The number of anilines is 1. The normalized spacial score (nSPS) is 11.5. The van der Waals surface area contributed by atoms with Crippen LogP contribution in [0.3, 0.4) is 0 Å². The zero-order chi connectivity index (χ0) is 16.2. The number of nitrogens with zero attached hydrogens (tertiary/aromatic N) is 2. The molecular formula is C13H12N4O4S. The average molecular weight is 320 g/mol. The molecule has 0 amide bonds. The third-order valence-corrected chi connectivity index (χ3v) is 3.60. The first-order chi connectivity index (χ1) is 10.4. The van der Waals surface area contributed by atoms with E-state index in [0.717, 1.165) is 0 Å². The number of rotatable bonds is 5. The van der Waals surface area contributed by atoms with Crippen molar-refractivity contribution in [3.63, 3.8) is 0 Å². The second-order valence-corrected chi connectivity index (χ2v) is 5.85. The van der Waals surface area contributed by atoms with Gasteiger partial charge in [-0.2, -0.15) is 5.10 Å². The largest absolute Gasteiger partial charge is 0.279 e. The lowest BCUT2D eigenvalue weighted by atomic mass is 10.2. The first-order valence-electron chi connectivity index (χ1n) is 6.03. The van der Waals surface area contributed by atoms with Gasteiger partial charge in [-0.15, -0.1) is 0 Å². The van der Waals surface area contributed by atoms with Crippen LogP contribution in [0.5, 0.6) is 0 Å². The summed E-state index contributed by atoms with van der Waals surface area (Å²) in [4.78, 5) is 10.2. The zero-order valence-electron chi connectivity index (χ0n) is 11.2. The molecule has 0 radical (unpaired) electrons. The van der Waals surface area contributed by atoms with E-state index in [1.54, 1.807) is 12.1 Å². The summed E-state index contributed by atoms with van der Waals surface area (Å²) in [6.07, 6.45) is 1.42. The molecule has 0 atom stereocenters. The number of nitro groups is 1. The molecule has 2 rings (SSSR count). The highest BCUT2D eigenvalue weighted by atomic mass is 32.2. The number of nitro benzene ring substituents is 1. The number of primary sulfonamides is 1. The molecule has 0 spiro atoms. The van der Waals surface area contributed by atoms with Crippen molar-refractivity contribution in [3.05, 3.63) is 64.2 Å². The molecule has 114 valence electrons. The van der Waals surface area contributed by atoms with Crippen LogP contribution in [0.15, 0.2) is 58.5 Å². The molecule has 0 saturated heterocycles. The van der Waals surface area contributed by atoms with Crippen LogP contribution in [0.25, 0.3) is 0 Å². The molecule has 0 saturated carbocycles. The summed E-state index contributed by atoms with van der Waals surface area (Å²) in [6.45, 7) is 0. The van der Waals surface area contributed by atoms with Crippen LogP contribution in [0.1, 0.15) is 5.56 Å². The maximum atomic E-state index is 11.1. The van der Waals surface area contributed by atoms with Gasteiger partial charge in [-0.1, -0.05) is 12.1 Å². The lowest BCUT2D eigenvalue weighted by Gasteiger charge is -2.02. The van der Waals surface area contributed by atoms with Gasteiger partial charge in [-0.25, -0.2) is 13.6 Å². The molecular weight excluding hydrogens is 308 g/mol. The summed E-state index contributed by atoms with van der Waals surface area (Å²) >= 11 is 0. The third kappa shape index (κ3) is 4.11. The Balaban J connectivity index is 2.06. The topological polar surface area (TPSA) is 128 Å². The Morgan fingerprint density at radius 3 is 2.45 bits per heavy atom. The van der Waals surface area contributed by atoms with Gasteiger partial charge in [0.2, 0.25) is 10.0 Å². The number of sulfonamides is 1. The highest BCUT2D eigenvalue weighted by molar-refractivity contribution is 7.89. The summed E-state index contributed by atoms with van der Waals surface area (Å²) in [7, 11) is -3.73. The molecule has 0 heterocycles. The quantitative estimate of drug-likeness (QED) is 0.492. The van der Waals surface area contributed by atoms with Crippen LogP contribution in [0.2, 0.25) is 0 Å². The molecule has 9 heteroatoms. The standard InChI is InChI=1S/C13H12N4O4S/c14-22(20,21)13-6-4-11(5-7-13)16-15-9-10-2-1-3-12(8-10)17(18)19/h1-9,16H,(H2,14,20,21)/b15-9-. The predicted octanol–water partition coefficient (Wildman–Crippen LogP) is 1.69. The Bertz CT molecular complexity index is 816. The zero-order valence-corrected chi connectivity index (χ0v) is 12.0. The number of non-ortho nitro benzene ring substituents is 1. The lowest BCUT2D eigenvalue weighted by molar-refractivity contribution is -0.384. The fourth-order valence-corrected chi connectivity index (χ4v) is 2.13. The summed E-state index contributed by atoms with van der Waals surface area (Å²) < 4.78 is 22.2. The Kier molecular flexibility index (Phi) is 4.49. The molecule has 0 bridgehead atoms. The summed E-state index contributed by atoms with van der Waals surface area (Å²) in [5.41, 5.74) is 3.77.